The van der Waals surface area contributed by atoms with Crippen LogP contribution in [-0.4, -0.2) is 30.1 Å². The van der Waals surface area contributed by atoms with E-state index >= 15 is 0 Å². The van der Waals surface area contributed by atoms with Gasteiger partial charge in [0, 0.05) is 36.3 Å². The zero-order chi connectivity index (χ0) is 15.2. The number of carbonyl (C=O) groups is 1. The minimum absolute atomic E-state index is 0.0581. The van der Waals surface area contributed by atoms with Gasteiger partial charge in [0.2, 0.25) is 0 Å². The minimum atomic E-state index is -0.110. The van der Waals surface area contributed by atoms with E-state index in [1.165, 1.54) is 11.3 Å². The number of nitrogens with one attached hydrogen (secondary N) is 1. The number of rotatable bonds is 3. The van der Waals surface area contributed by atoms with Gasteiger partial charge >= 0.3 is 0 Å². The number of nitrogen functional groups attached to an aromatic ring is 1. The Kier molecular flexibility index (Phi) is 3.37. The number of pyridine rings is 1. The van der Waals surface area contributed by atoms with E-state index in [1.54, 1.807) is 19.5 Å². The Balaban J connectivity index is 1.81. The first-order chi connectivity index (χ1) is 9.95. The van der Waals surface area contributed by atoms with Crippen LogP contribution in [0.3, 0.4) is 0 Å². The van der Waals surface area contributed by atoms with Crippen LogP contribution in [0.25, 0.3) is 10.1 Å². The number of carbonyl (C=O) groups excluding carboxylic acids is 1. The molecule has 2 unspecified atom stereocenters. The summed E-state index contributed by atoms with van der Waals surface area (Å²) in [5.41, 5.74) is 6.57. The lowest BCUT2D eigenvalue weighted by atomic mass is 9.64. The highest BCUT2D eigenvalue weighted by Crippen LogP contribution is 2.43. The maximum absolute atomic E-state index is 12.5. The number of aromatic nitrogens is 1. The standard InChI is InChI=1S/C15H19N3O2S/c1-15(2)10(6-11(15)20-3)18-14(19)13-12(16)8-4-5-17-7-9(8)21-13/h4-5,7,10-11H,6,16H2,1-3H3,(H,18,19). The van der Waals surface area contributed by atoms with E-state index < -0.39 is 0 Å². The summed E-state index contributed by atoms with van der Waals surface area (Å²) in [7, 11) is 1.71. The molecule has 2 aromatic heterocycles. The largest absolute Gasteiger partial charge is 0.397 e. The van der Waals surface area contributed by atoms with Crippen molar-refractivity contribution < 1.29 is 9.53 Å². The number of hydrogen-bond acceptors (Lipinski definition) is 5. The van der Waals surface area contributed by atoms with Crippen molar-refractivity contribution in [2.45, 2.75) is 32.4 Å². The second kappa shape index (κ2) is 4.96. The Morgan fingerprint density at radius 2 is 2.33 bits per heavy atom. The molecule has 2 atom stereocenters. The molecule has 3 rings (SSSR count). The molecule has 112 valence electrons. The molecule has 1 aliphatic carbocycles. The molecule has 5 nitrogen and oxygen atoms in total. The highest BCUT2D eigenvalue weighted by molar-refractivity contribution is 7.21. The van der Waals surface area contributed by atoms with E-state index in [1.807, 2.05) is 6.07 Å². The molecular formula is C15H19N3O2S. The number of nitrogens with two attached hydrogens (primary N) is 1. The third kappa shape index (κ3) is 2.18. The van der Waals surface area contributed by atoms with E-state index in [0.717, 1.165) is 16.5 Å². The Morgan fingerprint density at radius 1 is 1.57 bits per heavy atom. The molecule has 0 aliphatic heterocycles. The van der Waals surface area contributed by atoms with Gasteiger partial charge in [-0.3, -0.25) is 9.78 Å². The molecule has 0 spiro atoms. The Bertz CT molecular complexity index is 695. The van der Waals surface area contributed by atoms with Gasteiger partial charge in [0.15, 0.2) is 0 Å². The summed E-state index contributed by atoms with van der Waals surface area (Å²) in [6, 6.07) is 1.95. The van der Waals surface area contributed by atoms with Gasteiger partial charge in [-0.1, -0.05) is 13.8 Å². The normalized spacial score (nSPS) is 23.8. The molecular weight excluding hydrogens is 286 g/mol. The van der Waals surface area contributed by atoms with Gasteiger partial charge in [0.1, 0.15) is 4.88 Å². The summed E-state index contributed by atoms with van der Waals surface area (Å²) in [5, 5.41) is 3.97. The lowest BCUT2D eigenvalue weighted by Gasteiger charge is -2.51. The van der Waals surface area contributed by atoms with Crippen molar-refractivity contribution in [1.82, 2.24) is 10.3 Å². The summed E-state index contributed by atoms with van der Waals surface area (Å²) in [5.74, 6) is -0.110. The van der Waals surface area contributed by atoms with Crippen LogP contribution in [0.1, 0.15) is 29.9 Å². The number of hydrogen-bond donors (Lipinski definition) is 2. The molecule has 2 heterocycles. The first kappa shape index (κ1) is 14.3. The van der Waals surface area contributed by atoms with Crippen LogP contribution in [-0.2, 0) is 4.74 Å². The fourth-order valence-electron chi connectivity index (χ4n) is 2.89. The lowest BCUT2D eigenvalue weighted by molar-refractivity contribution is -0.0942. The van der Waals surface area contributed by atoms with Crippen LogP contribution in [0.15, 0.2) is 18.5 Å². The van der Waals surface area contributed by atoms with Gasteiger partial charge in [0.05, 0.1) is 16.5 Å². The van der Waals surface area contributed by atoms with Crippen molar-refractivity contribution in [3.63, 3.8) is 0 Å². The van der Waals surface area contributed by atoms with E-state index in [4.69, 9.17) is 10.5 Å². The summed E-state index contributed by atoms with van der Waals surface area (Å²) >= 11 is 1.38. The quantitative estimate of drug-likeness (QED) is 0.913. The summed E-state index contributed by atoms with van der Waals surface area (Å²) in [6.07, 6.45) is 4.45. The van der Waals surface area contributed by atoms with Crippen LogP contribution in [0, 0.1) is 5.41 Å². The average molecular weight is 305 g/mol. The predicted molar refractivity (Wildman–Crippen MR) is 84.5 cm³/mol. The molecule has 21 heavy (non-hydrogen) atoms. The van der Waals surface area contributed by atoms with Crippen LogP contribution in [0.5, 0.6) is 0 Å². The van der Waals surface area contributed by atoms with Crippen LogP contribution in [0.2, 0.25) is 0 Å². The summed E-state index contributed by atoms with van der Waals surface area (Å²) in [4.78, 5) is 17.1. The zero-order valence-corrected chi connectivity index (χ0v) is 13.2. The molecule has 0 aromatic carbocycles. The van der Waals surface area contributed by atoms with Gasteiger partial charge < -0.3 is 15.8 Å². The Hall–Kier alpha value is -1.66. The highest BCUT2D eigenvalue weighted by Gasteiger charge is 2.49. The van der Waals surface area contributed by atoms with E-state index in [9.17, 15) is 4.79 Å². The third-order valence-corrected chi connectivity index (χ3v) is 5.66. The number of nitrogens with zero attached hydrogens (tertiary/aromatic N) is 1. The van der Waals surface area contributed by atoms with Crippen LogP contribution < -0.4 is 11.1 Å². The number of thiophene rings is 1. The van der Waals surface area contributed by atoms with E-state index in [2.05, 4.69) is 24.1 Å². The smallest absolute Gasteiger partial charge is 0.263 e. The molecule has 6 heteroatoms. The molecule has 1 amide bonds. The van der Waals surface area contributed by atoms with Gasteiger partial charge in [-0.05, 0) is 12.5 Å². The number of anilines is 1. The van der Waals surface area contributed by atoms with Crippen LogP contribution >= 0.6 is 11.3 Å². The van der Waals surface area contributed by atoms with Crippen molar-refractivity contribution in [2.24, 2.45) is 5.41 Å². The van der Waals surface area contributed by atoms with Crippen molar-refractivity contribution in [3.8, 4) is 0 Å². The minimum Gasteiger partial charge on any atom is -0.397 e. The van der Waals surface area contributed by atoms with Crippen LogP contribution in [0.4, 0.5) is 5.69 Å². The highest BCUT2D eigenvalue weighted by atomic mass is 32.1. The van der Waals surface area contributed by atoms with Crippen molar-refractivity contribution in [3.05, 3.63) is 23.3 Å². The third-order valence-electron chi connectivity index (χ3n) is 4.51. The van der Waals surface area contributed by atoms with Gasteiger partial charge in [0.25, 0.3) is 5.91 Å². The first-order valence-electron chi connectivity index (χ1n) is 6.90. The van der Waals surface area contributed by atoms with Crippen molar-refractivity contribution in [2.75, 3.05) is 12.8 Å². The summed E-state index contributed by atoms with van der Waals surface area (Å²) < 4.78 is 6.34. The zero-order valence-electron chi connectivity index (χ0n) is 12.3. The molecule has 0 radical (unpaired) electrons. The van der Waals surface area contributed by atoms with Gasteiger partial charge in [-0.2, -0.15) is 0 Å². The average Bonchev–Trinajstić information content (AvgIpc) is 2.80. The molecule has 0 saturated heterocycles. The molecule has 0 bridgehead atoms. The Morgan fingerprint density at radius 3 is 2.95 bits per heavy atom. The molecule has 3 N–H and O–H groups in total. The van der Waals surface area contributed by atoms with Gasteiger partial charge in [-0.25, -0.2) is 0 Å². The molecule has 1 fully saturated rings. The lowest BCUT2D eigenvalue weighted by Crippen LogP contribution is -2.61. The second-order valence-corrected chi connectivity index (χ2v) is 7.08. The van der Waals surface area contributed by atoms with E-state index in [-0.39, 0.29) is 23.5 Å². The van der Waals surface area contributed by atoms with Crippen molar-refractivity contribution in [1.29, 1.82) is 0 Å². The first-order valence-corrected chi connectivity index (χ1v) is 7.72. The maximum Gasteiger partial charge on any atom is 0.263 e. The molecule has 1 aliphatic rings. The fourth-order valence-corrected chi connectivity index (χ4v) is 3.89. The number of fused-ring (bicyclic) bond motifs is 1. The number of ether oxygens (including phenoxy) is 1. The topological polar surface area (TPSA) is 77.2 Å². The number of methoxy groups -OCH3 is 1. The summed E-state index contributed by atoms with van der Waals surface area (Å²) in [6.45, 7) is 4.21. The predicted octanol–water partition coefficient (Wildman–Crippen LogP) is 2.42. The van der Waals surface area contributed by atoms with E-state index in [0.29, 0.717) is 10.6 Å². The SMILES string of the molecule is COC1CC(NC(=O)c2sc3cnccc3c2N)C1(C)C. The monoisotopic (exact) mass is 305 g/mol. The maximum atomic E-state index is 12.5. The second-order valence-electron chi connectivity index (χ2n) is 6.02. The Labute approximate surface area is 127 Å². The molecule has 1 saturated carbocycles. The molecule has 2 aromatic rings. The fraction of sp³-hybridized carbons (Fsp3) is 0.467. The van der Waals surface area contributed by atoms with Crippen molar-refractivity contribution >= 4 is 33.0 Å². The van der Waals surface area contributed by atoms with Gasteiger partial charge in [-0.15, -0.1) is 11.3 Å². The number of amides is 1.